The summed E-state index contributed by atoms with van der Waals surface area (Å²) in [6.07, 6.45) is 0. The smallest absolute Gasteiger partial charge is 0.295 e. The summed E-state index contributed by atoms with van der Waals surface area (Å²) >= 11 is 3.37. The molecule has 0 aliphatic carbocycles. The molecule has 1 aliphatic heterocycles. The zero-order chi connectivity index (χ0) is 21.8. The van der Waals surface area contributed by atoms with Gasteiger partial charge in [-0.05, 0) is 50.8 Å². The third-order valence-electron chi connectivity index (χ3n) is 4.95. The van der Waals surface area contributed by atoms with Gasteiger partial charge < -0.3 is 19.6 Å². The first-order chi connectivity index (χ1) is 14.3. The van der Waals surface area contributed by atoms with E-state index < -0.39 is 17.7 Å². The number of aliphatic hydroxyl groups is 1. The Morgan fingerprint density at radius 2 is 1.73 bits per heavy atom. The first-order valence-corrected chi connectivity index (χ1v) is 10.5. The summed E-state index contributed by atoms with van der Waals surface area (Å²) in [5, 5.41) is 11.0. The first-order valence-electron chi connectivity index (χ1n) is 9.75. The number of hydrogen-bond acceptors (Lipinski definition) is 5. The maximum atomic E-state index is 12.9. The van der Waals surface area contributed by atoms with Gasteiger partial charge in [0, 0.05) is 23.1 Å². The van der Waals surface area contributed by atoms with Crippen molar-refractivity contribution in [1.29, 1.82) is 0 Å². The molecule has 158 valence electrons. The van der Waals surface area contributed by atoms with E-state index in [4.69, 9.17) is 4.74 Å². The summed E-state index contributed by atoms with van der Waals surface area (Å²) in [5.74, 6) is -0.742. The summed E-state index contributed by atoms with van der Waals surface area (Å²) in [5.41, 5.74) is 1.33. The lowest BCUT2D eigenvalue weighted by molar-refractivity contribution is -0.140. The van der Waals surface area contributed by atoms with E-state index in [9.17, 15) is 14.7 Å². The lowest BCUT2D eigenvalue weighted by Crippen LogP contribution is -2.35. The van der Waals surface area contributed by atoms with Crippen LogP contribution in [0.4, 0.5) is 0 Å². The molecule has 1 N–H and O–H groups in total. The minimum absolute atomic E-state index is 0.102. The zero-order valence-electron chi connectivity index (χ0n) is 17.3. The number of halogens is 1. The number of nitrogens with zero attached hydrogens (tertiary/aromatic N) is 2. The molecule has 6 nitrogen and oxygen atoms in total. The monoisotopic (exact) mass is 472 g/mol. The number of ketones is 1. The van der Waals surface area contributed by atoms with Crippen LogP contribution in [0, 0.1) is 0 Å². The molecule has 7 heteroatoms. The van der Waals surface area contributed by atoms with Gasteiger partial charge in [0.15, 0.2) is 0 Å². The number of likely N-dealkylation sites (tertiary alicyclic amines) is 1. The summed E-state index contributed by atoms with van der Waals surface area (Å²) in [7, 11) is 3.81. The van der Waals surface area contributed by atoms with Crippen molar-refractivity contribution < 1.29 is 19.4 Å². The van der Waals surface area contributed by atoms with Crippen molar-refractivity contribution in [1.82, 2.24) is 9.80 Å². The van der Waals surface area contributed by atoms with Crippen LogP contribution in [-0.4, -0.2) is 60.4 Å². The number of rotatable bonds is 7. The van der Waals surface area contributed by atoms with Crippen LogP contribution in [-0.2, 0) is 9.59 Å². The van der Waals surface area contributed by atoms with E-state index in [-0.39, 0.29) is 11.3 Å². The highest BCUT2D eigenvalue weighted by Gasteiger charge is 2.45. The Morgan fingerprint density at radius 1 is 1.10 bits per heavy atom. The number of hydrogen-bond donors (Lipinski definition) is 1. The van der Waals surface area contributed by atoms with Gasteiger partial charge in [-0.25, -0.2) is 0 Å². The minimum atomic E-state index is -0.673. The van der Waals surface area contributed by atoms with Crippen LogP contribution in [0.15, 0.2) is 58.6 Å². The summed E-state index contributed by atoms with van der Waals surface area (Å²) in [4.78, 5) is 29.3. The second-order valence-electron chi connectivity index (χ2n) is 7.30. The predicted molar refractivity (Wildman–Crippen MR) is 119 cm³/mol. The molecule has 0 saturated carbocycles. The van der Waals surface area contributed by atoms with Gasteiger partial charge in [0.1, 0.15) is 11.5 Å². The number of amides is 1. The normalized spacial score (nSPS) is 18.3. The number of Topliss-reactive ketones (excluding diaryl/α,β-unsaturated/α-hetero) is 1. The lowest BCUT2D eigenvalue weighted by Gasteiger charge is -2.26. The standard InChI is InChI=1S/C23H25BrN2O4/c1-4-30-18-11-7-15(8-12-18)20-19(21(27)16-5-9-17(24)10-6-16)22(28)23(29)26(20)14-13-25(2)3/h5-12,20,27H,4,13-14H2,1-3H3/t20-/m1/s1. The topological polar surface area (TPSA) is 70.1 Å². The van der Waals surface area contributed by atoms with Crippen molar-refractivity contribution in [2.45, 2.75) is 13.0 Å². The van der Waals surface area contributed by atoms with Crippen LogP contribution in [0.3, 0.4) is 0 Å². The number of carbonyl (C=O) groups excluding carboxylic acids is 2. The molecule has 0 spiro atoms. The molecule has 1 heterocycles. The number of ether oxygens (including phenoxy) is 1. The molecule has 1 fully saturated rings. The Bertz CT molecular complexity index is 952. The fraction of sp³-hybridized carbons (Fsp3) is 0.304. The van der Waals surface area contributed by atoms with E-state index in [0.29, 0.717) is 31.0 Å². The molecule has 30 heavy (non-hydrogen) atoms. The van der Waals surface area contributed by atoms with E-state index in [1.807, 2.05) is 50.2 Å². The quantitative estimate of drug-likeness (QED) is 0.376. The van der Waals surface area contributed by atoms with Gasteiger partial charge in [0.25, 0.3) is 11.7 Å². The SMILES string of the molecule is CCOc1ccc([C@@H]2C(=C(O)c3ccc(Br)cc3)C(=O)C(=O)N2CCN(C)C)cc1. The molecule has 0 unspecified atom stereocenters. The number of benzene rings is 2. The van der Waals surface area contributed by atoms with Gasteiger partial charge >= 0.3 is 0 Å². The molecule has 1 aliphatic rings. The number of aliphatic hydroxyl groups excluding tert-OH is 1. The van der Waals surface area contributed by atoms with E-state index in [1.165, 1.54) is 4.90 Å². The van der Waals surface area contributed by atoms with E-state index in [2.05, 4.69) is 15.9 Å². The van der Waals surface area contributed by atoms with Crippen LogP contribution >= 0.6 is 15.9 Å². The Kier molecular flexibility index (Phi) is 6.95. The van der Waals surface area contributed by atoms with Crippen molar-refractivity contribution in [2.75, 3.05) is 33.8 Å². The van der Waals surface area contributed by atoms with Gasteiger partial charge in [-0.3, -0.25) is 9.59 Å². The molecule has 1 saturated heterocycles. The van der Waals surface area contributed by atoms with Crippen molar-refractivity contribution in [3.05, 3.63) is 69.7 Å². The van der Waals surface area contributed by atoms with Crippen LogP contribution in [0.5, 0.6) is 5.75 Å². The third-order valence-corrected chi connectivity index (χ3v) is 5.48. The molecule has 1 amide bonds. The van der Waals surface area contributed by atoms with Gasteiger partial charge in [0.2, 0.25) is 0 Å². The summed E-state index contributed by atoms with van der Waals surface area (Å²) < 4.78 is 6.36. The summed E-state index contributed by atoms with van der Waals surface area (Å²) in [6.45, 7) is 3.41. The number of likely N-dealkylation sites (N-methyl/N-ethyl adjacent to an activating group) is 1. The predicted octanol–water partition coefficient (Wildman–Crippen LogP) is 3.83. The molecular formula is C23H25BrN2O4. The largest absolute Gasteiger partial charge is 0.507 e. The second kappa shape index (κ2) is 9.45. The Balaban J connectivity index is 2.10. The molecular weight excluding hydrogens is 448 g/mol. The van der Waals surface area contributed by atoms with E-state index in [0.717, 1.165) is 10.0 Å². The molecule has 1 atom stereocenters. The van der Waals surface area contributed by atoms with Gasteiger partial charge in [-0.15, -0.1) is 0 Å². The Hall–Kier alpha value is -2.64. The maximum Gasteiger partial charge on any atom is 0.295 e. The van der Waals surface area contributed by atoms with Crippen LogP contribution in [0.25, 0.3) is 5.76 Å². The van der Waals surface area contributed by atoms with Crippen LogP contribution in [0.2, 0.25) is 0 Å². The van der Waals surface area contributed by atoms with Crippen molar-refractivity contribution in [3.8, 4) is 5.75 Å². The Morgan fingerprint density at radius 3 is 2.30 bits per heavy atom. The van der Waals surface area contributed by atoms with Crippen molar-refractivity contribution in [3.63, 3.8) is 0 Å². The highest BCUT2D eigenvalue weighted by molar-refractivity contribution is 9.10. The van der Waals surface area contributed by atoms with Gasteiger partial charge in [0.05, 0.1) is 18.2 Å². The fourth-order valence-corrected chi connectivity index (χ4v) is 3.71. The first kappa shape index (κ1) is 22.1. The molecule has 3 rings (SSSR count). The Labute approximate surface area is 184 Å². The molecule has 0 radical (unpaired) electrons. The van der Waals surface area contributed by atoms with Crippen molar-refractivity contribution >= 4 is 33.4 Å². The fourth-order valence-electron chi connectivity index (χ4n) is 3.44. The maximum absolute atomic E-state index is 12.9. The minimum Gasteiger partial charge on any atom is -0.507 e. The van der Waals surface area contributed by atoms with Gasteiger partial charge in [-0.1, -0.05) is 40.2 Å². The molecule has 0 bridgehead atoms. The summed E-state index contributed by atoms with van der Waals surface area (Å²) in [6, 6.07) is 13.6. The van der Waals surface area contributed by atoms with Crippen molar-refractivity contribution in [2.24, 2.45) is 0 Å². The van der Waals surface area contributed by atoms with Crippen LogP contribution in [0.1, 0.15) is 24.1 Å². The van der Waals surface area contributed by atoms with E-state index >= 15 is 0 Å². The molecule has 2 aromatic rings. The van der Waals surface area contributed by atoms with Crippen LogP contribution < -0.4 is 4.74 Å². The van der Waals surface area contributed by atoms with Gasteiger partial charge in [-0.2, -0.15) is 0 Å². The molecule has 0 aromatic heterocycles. The zero-order valence-corrected chi connectivity index (χ0v) is 18.8. The number of carbonyl (C=O) groups is 2. The average molecular weight is 473 g/mol. The molecule has 2 aromatic carbocycles. The lowest BCUT2D eigenvalue weighted by atomic mass is 9.95. The third kappa shape index (κ3) is 4.57. The average Bonchev–Trinajstić information content (AvgIpc) is 2.98. The highest BCUT2D eigenvalue weighted by Crippen LogP contribution is 2.39. The second-order valence-corrected chi connectivity index (χ2v) is 8.22. The highest BCUT2D eigenvalue weighted by atomic mass is 79.9. The van der Waals surface area contributed by atoms with E-state index in [1.54, 1.807) is 24.3 Å².